The van der Waals surface area contributed by atoms with Crippen molar-refractivity contribution in [2.75, 3.05) is 32.1 Å². The van der Waals surface area contributed by atoms with Crippen LogP contribution in [0.5, 0.6) is 0 Å². The van der Waals surface area contributed by atoms with Crippen molar-refractivity contribution in [1.82, 2.24) is 24.5 Å². The van der Waals surface area contributed by atoms with Crippen molar-refractivity contribution in [1.29, 1.82) is 0 Å². The number of aryl methyl sites for hydroxylation is 1. The number of pyridine rings is 1. The Balaban J connectivity index is 1.33. The van der Waals surface area contributed by atoms with E-state index in [-0.39, 0.29) is 11.3 Å². The molecule has 1 amide bonds. The van der Waals surface area contributed by atoms with Gasteiger partial charge in [-0.25, -0.2) is 13.9 Å². The molecule has 6 rings (SSSR count). The van der Waals surface area contributed by atoms with Gasteiger partial charge in [0.2, 0.25) is 0 Å². The number of carbonyl (C=O) groups excluding carboxylic acids is 1. The number of piperidine rings is 1. The normalized spacial score (nSPS) is 16.5. The van der Waals surface area contributed by atoms with Crippen LogP contribution in [0.25, 0.3) is 16.8 Å². The number of nitrogens with zero attached hydrogens (tertiary/aromatic N) is 6. The van der Waals surface area contributed by atoms with E-state index in [9.17, 15) is 4.79 Å². The highest BCUT2D eigenvalue weighted by Gasteiger charge is 2.41. The number of hydrogen-bond donors (Lipinski definition) is 0. The molecule has 2 aliphatic rings. The van der Waals surface area contributed by atoms with Gasteiger partial charge in [-0.2, -0.15) is 5.10 Å². The van der Waals surface area contributed by atoms with E-state index < -0.39 is 5.82 Å². The van der Waals surface area contributed by atoms with Crippen LogP contribution in [0.3, 0.4) is 0 Å². The predicted octanol–water partition coefficient (Wildman–Crippen LogP) is 4.33. The van der Waals surface area contributed by atoms with Gasteiger partial charge in [-0.3, -0.25) is 9.78 Å². The van der Waals surface area contributed by atoms with Crippen molar-refractivity contribution >= 4 is 17.2 Å². The van der Waals surface area contributed by atoms with Crippen LogP contribution in [-0.2, 0) is 12.8 Å². The van der Waals surface area contributed by atoms with E-state index in [1.165, 1.54) is 28.3 Å². The molecule has 7 nitrogen and oxygen atoms in total. The van der Waals surface area contributed by atoms with Crippen molar-refractivity contribution in [2.45, 2.75) is 32.6 Å². The van der Waals surface area contributed by atoms with E-state index in [2.05, 4.69) is 21.0 Å². The summed E-state index contributed by atoms with van der Waals surface area (Å²) in [5, 5.41) is 4.54. The molecule has 0 N–H and O–H groups in total. The first-order valence-corrected chi connectivity index (χ1v) is 12.4. The summed E-state index contributed by atoms with van der Waals surface area (Å²) in [5.41, 5.74) is 5.74. The summed E-state index contributed by atoms with van der Waals surface area (Å²) in [7, 11) is 3.37. The molecule has 36 heavy (non-hydrogen) atoms. The average molecular weight is 485 g/mol. The van der Waals surface area contributed by atoms with Crippen LogP contribution < -0.4 is 4.90 Å². The van der Waals surface area contributed by atoms with Gasteiger partial charge in [0.15, 0.2) is 5.82 Å². The van der Waals surface area contributed by atoms with E-state index in [4.69, 9.17) is 4.98 Å². The van der Waals surface area contributed by atoms with Gasteiger partial charge in [-0.05, 0) is 73.9 Å². The van der Waals surface area contributed by atoms with E-state index in [1.54, 1.807) is 30.9 Å². The first-order chi connectivity index (χ1) is 17.3. The number of aromatic nitrogens is 4. The number of rotatable bonds is 3. The molecule has 8 heteroatoms. The maximum absolute atomic E-state index is 15.1. The second-order valence-corrected chi connectivity index (χ2v) is 10.3. The third kappa shape index (κ3) is 3.63. The van der Waals surface area contributed by atoms with Crippen LogP contribution in [0.15, 0.2) is 48.8 Å². The highest BCUT2D eigenvalue weighted by Crippen LogP contribution is 2.45. The van der Waals surface area contributed by atoms with Crippen molar-refractivity contribution in [3.8, 4) is 11.3 Å². The molecule has 1 aliphatic heterocycles. The molecule has 0 saturated carbocycles. The third-order valence-corrected chi connectivity index (χ3v) is 7.79. The Bertz CT molecular complexity index is 1460. The summed E-state index contributed by atoms with van der Waals surface area (Å²) < 4.78 is 16.8. The first-order valence-electron chi connectivity index (χ1n) is 12.4. The molecule has 0 atom stereocenters. The summed E-state index contributed by atoms with van der Waals surface area (Å²) in [6.45, 7) is 3.69. The minimum Gasteiger partial charge on any atom is -0.355 e. The minimum atomic E-state index is -0.408. The summed E-state index contributed by atoms with van der Waals surface area (Å²) in [5.74, 6) is 0.286. The zero-order valence-electron chi connectivity index (χ0n) is 20.8. The zero-order chi connectivity index (χ0) is 25.0. The van der Waals surface area contributed by atoms with Crippen molar-refractivity contribution in [2.24, 2.45) is 5.41 Å². The van der Waals surface area contributed by atoms with Crippen LogP contribution in [0, 0.1) is 18.2 Å². The van der Waals surface area contributed by atoms with E-state index in [0.29, 0.717) is 22.5 Å². The Kier molecular flexibility index (Phi) is 5.28. The van der Waals surface area contributed by atoms with Gasteiger partial charge in [0.05, 0.1) is 17.6 Å². The first kappa shape index (κ1) is 22.6. The van der Waals surface area contributed by atoms with Crippen LogP contribution in [0.1, 0.15) is 40.2 Å². The monoisotopic (exact) mass is 484 g/mol. The molecule has 1 saturated heterocycles. The standard InChI is InChI=1S/C28H29FN6O/c1-18-25(21-15-19(6-7-22(21)29)27(36)33(2)3)35-24(8-12-31-35)26(32-18)34-13-9-28(10-14-34)16-20-5-4-11-30-23(20)17-28/h4-8,11-12,15H,9-10,13-14,16-17H2,1-3H3. The number of benzene rings is 1. The van der Waals surface area contributed by atoms with Gasteiger partial charge in [-0.1, -0.05) is 6.07 Å². The van der Waals surface area contributed by atoms with Gasteiger partial charge in [-0.15, -0.1) is 0 Å². The molecule has 1 aliphatic carbocycles. The largest absolute Gasteiger partial charge is 0.355 e. The summed E-state index contributed by atoms with van der Waals surface area (Å²) in [4.78, 5) is 25.9. The summed E-state index contributed by atoms with van der Waals surface area (Å²) in [6, 6.07) is 10.6. The van der Waals surface area contributed by atoms with Gasteiger partial charge in [0.1, 0.15) is 11.3 Å². The van der Waals surface area contributed by atoms with E-state index >= 15 is 4.39 Å². The van der Waals surface area contributed by atoms with Crippen LogP contribution in [-0.4, -0.2) is 57.6 Å². The molecule has 0 unspecified atom stereocenters. The Morgan fingerprint density at radius 3 is 2.64 bits per heavy atom. The number of fused-ring (bicyclic) bond motifs is 2. The molecular formula is C28H29FN6O. The quantitative estimate of drug-likeness (QED) is 0.433. The van der Waals surface area contributed by atoms with Crippen LogP contribution >= 0.6 is 0 Å². The highest BCUT2D eigenvalue weighted by molar-refractivity contribution is 5.95. The lowest BCUT2D eigenvalue weighted by Gasteiger charge is -2.40. The maximum Gasteiger partial charge on any atom is 0.253 e. The molecule has 4 heterocycles. The Hall–Kier alpha value is -3.81. The third-order valence-electron chi connectivity index (χ3n) is 7.79. The molecule has 1 aromatic carbocycles. The number of anilines is 1. The molecule has 0 radical (unpaired) electrons. The summed E-state index contributed by atoms with van der Waals surface area (Å²) in [6.07, 6.45) is 7.92. The number of carbonyl (C=O) groups is 1. The minimum absolute atomic E-state index is 0.179. The van der Waals surface area contributed by atoms with Crippen molar-refractivity contribution in [3.63, 3.8) is 0 Å². The number of amides is 1. The topological polar surface area (TPSA) is 66.6 Å². The molecule has 3 aromatic heterocycles. The Morgan fingerprint density at radius 1 is 1.08 bits per heavy atom. The molecule has 4 aromatic rings. The van der Waals surface area contributed by atoms with Crippen molar-refractivity contribution in [3.05, 3.63) is 77.1 Å². The molecular weight excluding hydrogens is 455 g/mol. The van der Waals surface area contributed by atoms with Crippen LogP contribution in [0.4, 0.5) is 10.2 Å². The lowest BCUT2D eigenvalue weighted by molar-refractivity contribution is 0.0827. The molecule has 1 fully saturated rings. The van der Waals surface area contributed by atoms with Crippen molar-refractivity contribution < 1.29 is 9.18 Å². The van der Waals surface area contributed by atoms with Crippen LogP contribution in [0.2, 0.25) is 0 Å². The SMILES string of the molecule is Cc1nc(N2CCC3(CC2)Cc2cccnc2C3)c2ccnn2c1-c1cc(C(=O)N(C)C)ccc1F. The second kappa shape index (κ2) is 8.40. The Labute approximate surface area is 209 Å². The van der Waals surface area contributed by atoms with E-state index in [0.717, 1.165) is 50.1 Å². The maximum atomic E-state index is 15.1. The highest BCUT2D eigenvalue weighted by atomic mass is 19.1. The Morgan fingerprint density at radius 2 is 1.89 bits per heavy atom. The number of halogens is 1. The molecule has 184 valence electrons. The fraction of sp³-hybridized carbons (Fsp3) is 0.357. The fourth-order valence-electron chi connectivity index (χ4n) is 5.87. The number of hydrogen-bond acceptors (Lipinski definition) is 5. The average Bonchev–Trinajstić information content (AvgIpc) is 3.49. The zero-order valence-corrected chi connectivity index (χ0v) is 20.8. The lowest BCUT2D eigenvalue weighted by atomic mass is 9.76. The van der Waals surface area contributed by atoms with Gasteiger partial charge < -0.3 is 9.80 Å². The van der Waals surface area contributed by atoms with Gasteiger partial charge in [0.25, 0.3) is 5.91 Å². The molecule has 1 spiro atoms. The van der Waals surface area contributed by atoms with E-state index in [1.807, 2.05) is 25.3 Å². The second-order valence-electron chi connectivity index (χ2n) is 10.3. The predicted molar refractivity (Wildman–Crippen MR) is 137 cm³/mol. The lowest BCUT2D eigenvalue weighted by Crippen LogP contribution is -2.41. The van der Waals surface area contributed by atoms with Gasteiger partial charge in [0, 0.05) is 50.2 Å². The summed E-state index contributed by atoms with van der Waals surface area (Å²) >= 11 is 0. The fourth-order valence-corrected chi connectivity index (χ4v) is 5.87. The van der Waals surface area contributed by atoms with Gasteiger partial charge >= 0.3 is 0 Å². The smallest absolute Gasteiger partial charge is 0.253 e. The molecule has 0 bridgehead atoms.